The Kier molecular flexibility index (Phi) is 1.62. The maximum Gasteiger partial charge on any atom is 0.153 e. The van der Waals surface area contributed by atoms with E-state index in [0.29, 0.717) is 0 Å². The summed E-state index contributed by atoms with van der Waals surface area (Å²) >= 11 is 4.42. The minimum atomic E-state index is -0.311. The van der Waals surface area contributed by atoms with Gasteiger partial charge in [0.25, 0.3) is 0 Å². The van der Waals surface area contributed by atoms with Gasteiger partial charge in [0, 0.05) is 6.42 Å². The summed E-state index contributed by atoms with van der Waals surface area (Å²) < 4.78 is 5.69. The highest BCUT2D eigenvalue weighted by atomic mass is 32.1. The van der Waals surface area contributed by atoms with Crippen LogP contribution < -0.4 is 4.74 Å². The number of thiol groups is 1. The fraction of sp³-hybridized carbons (Fsp3) is 0.400. The fourth-order valence-corrected chi connectivity index (χ4v) is 1.87. The molecule has 0 aliphatic carbocycles. The molecule has 0 amide bonds. The molecule has 1 atom stereocenters. The Morgan fingerprint density at radius 2 is 2.25 bits per heavy atom. The Morgan fingerprint density at radius 3 is 2.92 bits per heavy atom. The van der Waals surface area contributed by atoms with Gasteiger partial charge >= 0.3 is 0 Å². The third kappa shape index (κ3) is 1.20. The lowest BCUT2D eigenvalue weighted by Gasteiger charge is -2.16. The van der Waals surface area contributed by atoms with Crippen molar-refractivity contribution in [1.29, 1.82) is 0 Å². The molecule has 0 saturated carbocycles. The number of rotatable bonds is 0. The molecule has 1 nitrogen and oxygen atoms in total. The van der Waals surface area contributed by atoms with Gasteiger partial charge in [-0.3, -0.25) is 0 Å². The molecule has 0 saturated heterocycles. The largest absolute Gasteiger partial charge is 0.476 e. The first-order valence-electron chi connectivity index (χ1n) is 4.08. The second-order valence-electron chi connectivity index (χ2n) is 3.52. The van der Waals surface area contributed by atoms with Crippen LogP contribution in [0, 0.1) is 6.92 Å². The average Bonchev–Trinajstić information content (AvgIpc) is 2.25. The summed E-state index contributed by atoms with van der Waals surface area (Å²) in [5, 5.41) is 0. The molecule has 1 aliphatic rings. The molecule has 0 spiro atoms. The van der Waals surface area contributed by atoms with Crippen LogP contribution in [0.3, 0.4) is 0 Å². The van der Waals surface area contributed by atoms with Gasteiger partial charge in [-0.2, -0.15) is 0 Å². The van der Waals surface area contributed by atoms with E-state index >= 15 is 0 Å². The van der Waals surface area contributed by atoms with Crippen LogP contribution in [-0.4, -0.2) is 4.93 Å². The maximum atomic E-state index is 5.69. The molecular formula is C10H12OS. The molecule has 1 aromatic carbocycles. The van der Waals surface area contributed by atoms with E-state index in [0.717, 1.165) is 12.2 Å². The van der Waals surface area contributed by atoms with Crippen molar-refractivity contribution in [3.05, 3.63) is 29.3 Å². The quantitative estimate of drug-likeness (QED) is 0.604. The first-order valence-corrected chi connectivity index (χ1v) is 4.53. The van der Waals surface area contributed by atoms with Gasteiger partial charge < -0.3 is 4.74 Å². The Balaban J connectivity index is 2.48. The molecular weight excluding hydrogens is 168 g/mol. The third-order valence-corrected chi connectivity index (χ3v) is 2.38. The van der Waals surface area contributed by atoms with Gasteiger partial charge in [0.1, 0.15) is 5.75 Å². The lowest BCUT2D eigenvalue weighted by Crippen LogP contribution is -2.21. The van der Waals surface area contributed by atoms with Gasteiger partial charge in [0.15, 0.2) is 4.93 Å². The van der Waals surface area contributed by atoms with E-state index in [4.69, 9.17) is 4.74 Å². The third-order valence-electron chi connectivity index (χ3n) is 2.13. The van der Waals surface area contributed by atoms with Crippen LogP contribution in [-0.2, 0) is 6.42 Å². The normalized spacial score (nSPS) is 26.6. The topological polar surface area (TPSA) is 9.23 Å². The molecule has 12 heavy (non-hydrogen) atoms. The highest BCUT2D eigenvalue weighted by Gasteiger charge is 2.31. The van der Waals surface area contributed by atoms with Gasteiger partial charge in [0.2, 0.25) is 0 Å². The molecule has 2 heteroatoms. The number of fused-ring (bicyclic) bond motifs is 1. The van der Waals surface area contributed by atoms with Gasteiger partial charge in [-0.05, 0) is 25.0 Å². The number of hydrogen-bond acceptors (Lipinski definition) is 2. The highest BCUT2D eigenvalue weighted by Crippen LogP contribution is 2.38. The summed E-state index contributed by atoms with van der Waals surface area (Å²) in [7, 11) is 0. The van der Waals surface area contributed by atoms with E-state index in [1.54, 1.807) is 0 Å². The van der Waals surface area contributed by atoms with Gasteiger partial charge in [-0.25, -0.2) is 0 Å². The minimum Gasteiger partial charge on any atom is -0.476 e. The van der Waals surface area contributed by atoms with E-state index in [-0.39, 0.29) is 4.93 Å². The molecule has 64 valence electrons. The van der Waals surface area contributed by atoms with Crippen molar-refractivity contribution in [2.75, 3.05) is 0 Å². The lowest BCUT2D eigenvalue weighted by atomic mass is 10.1. The molecule has 1 aliphatic heterocycles. The molecule has 1 aromatic rings. The molecule has 0 N–H and O–H groups in total. The molecule has 0 radical (unpaired) electrons. The highest BCUT2D eigenvalue weighted by molar-refractivity contribution is 7.81. The van der Waals surface area contributed by atoms with Crippen molar-refractivity contribution in [2.45, 2.75) is 25.2 Å². The maximum absolute atomic E-state index is 5.69. The van der Waals surface area contributed by atoms with E-state index in [2.05, 4.69) is 37.8 Å². The lowest BCUT2D eigenvalue weighted by molar-refractivity contribution is 0.219. The molecule has 1 unspecified atom stereocenters. The summed E-state index contributed by atoms with van der Waals surface area (Å²) in [5.74, 6) is 1.02. The summed E-state index contributed by atoms with van der Waals surface area (Å²) in [5.41, 5.74) is 2.47. The summed E-state index contributed by atoms with van der Waals surface area (Å²) in [6.07, 6.45) is 0.896. The summed E-state index contributed by atoms with van der Waals surface area (Å²) in [6, 6.07) is 6.23. The van der Waals surface area contributed by atoms with Crippen molar-refractivity contribution in [3.63, 3.8) is 0 Å². The number of benzene rings is 1. The second-order valence-corrected chi connectivity index (χ2v) is 4.46. The second kappa shape index (κ2) is 2.43. The van der Waals surface area contributed by atoms with E-state index in [9.17, 15) is 0 Å². The predicted octanol–water partition coefficient (Wildman–Crippen LogP) is 2.58. The average molecular weight is 180 g/mol. The first-order chi connectivity index (χ1) is 5.58. The monoisotopic (exact) mass is 180 g/mol. The van der Waals surface area contributed by atoms with Crippen LogP contribution in [0.15, 0.2) is 18.2 Å². The smallest absolute Gasteiger partial charge is 0.153 e. The molecule has 0 fully saturated rings. The zero-order valence-electron chi connectivity index (χ0n) is 7.29. The Hall–Kier alpha value is -0.630. The van der Waals surface area contributed by atoms with Crippen molar-refractivity contribution >= 4 is 12.6 Å². The van der Waals surface area contributed by atoms with Crippen LogP contribution in [0.2, 0.25) is 0 Å². The SMILES string of the molecule is Cc1cccc2c1OC(C)(S)C2. The molecule has 0 bridgehead atoms. The van der Waals surface area contributed by atoms with E-state index < -0.39 is 0 Å². The van der Waals surface area contributed by atoms with Crippen LogP contribution in [0.25, 0.3) is 0 Å². The molecule has 0 aromatic heterocycles. The van der Waals surface area contributed by atoms with Crippen molar-refractivity contribution in [2.24, 2.45) is 0 Å². The zero-order valence-corrected chi connectivity index (χ0v) is 8.19. The molecule has 1 heterocycles. The molecule has 2 rings (SSSR count). The number of aryl methyl sites for hydroxylation is 1. The van der Waals surface area contributed by atoms with Crippen LogP contribution in [0.4, 0.5) is 0 Å². The van der Waals surface area contributed by atoms with Gasteiger partial charge in [-0.15, -0.1) is 12.6 Å². The minimum absolute atomic E-state index is 0.311. The van der Waals surface area contributed by atoms with Gasteiger partial charge in [-0.1, -0.05) is 18.2 Å². The van der Waals surface area contributed by atoms with Crippen molar-refractivity contribution in [3.8, 4) is 5.75 Å². The number of ether oxygens (including phenoxy) is 1. The van der Waals surface area contributed by atoms with Crippen molar-refractivity contribution in [1.82, 2.24) is 0 Å². The fourth-order valence-electron chi connectivity index (χ4n) is 1.61. The van der Waals surface area contributed by atoms with E-state index in [1.165, 1.54) is 11.1 Å². The summed E-state index contributed by atoms with van der Waals surface area (Å²) in [4.78, 5) is -0.311. The first kappa shape index (κ1) is 7.99. The Morgan fingerprint density at radius 1 is 1.50 bits per heavy atom. The van der Waals surface area contributed by atoms with Crippen LogP contribution in [0.5, 0.6) is 5.75 Å². The number of para-hydroxylation sites is 1. The number of hydrogen-bond donors (Lipinski definition) is 1. The van der Waals surface area contributed by atoms with E-state index in [1.807, 2.05) is 6.92 Å². The Bertz CT molecular complexity index is 318. The zero-order chi connectivity index (χ0) is 8.77. The summed E-state index contributed by atoms with van der Waals surface area (Å²) in [6.45, 7) is 4.06. The van der Waals surface area contributed by atoms with Crippen molar-refractivity contribution < 1.29 is 4.74 Å². The van der Waals surface area contributed by atoms with Gasteiger partial charge in [0.05, 0.1) is 0 Å². The predicted molar refractivity (Wildman–Crippen MR) is 52.9 cm³/mol. The van der Waals surface area contributed by atoms with Crippen LogP contribution in [0.1, 0.15) is 18.1 Å². The standard InChI is InChI=1S/C10H12OS/c1-7-4-3-5-8-6-10(2,12)11-9(7)8/h3-5,12H,6H2,1-2H3. The Labute approximate surface area is 78.2 Å². The van der Waals surface area contributed by atoms with Crippen LogP contribution >= 0.6 is 12.6 Å².